The molecule has 1 saturated heterocycles. The van der Waals surface area contributed by atoms with Crippen molar-refractivity contribution < 1.29 is 4.74 Å². The third kappa shape index (κ3) is 3.88. The minimum atomic E-state index is 0.402. The molecule has 0 saturated carbocycles. The van der Waals surface area contributed by atoms with Crippen LogP contribution in [0.4, 0.5) is 10.8 Å². The summed E-state index contributed by atoms with van der Waals surface area (Å²) in [5.74, 6) is 0.849. The standard InChI is InChI=1S/C15H19ClN4OS/c1-21-9-7-14-18-15(22-19-14)17-12-6-8-20(10-12)13-4-2-11(16)3-5-13/h2-5,12H,6-10H2,1H3,(H,17,18,19)/t12-/m0/s1. The van der Waals surface area contributed by atoms with E-state index in [0.29, 0.717) is 12.6 Å². The Balaban J connectivity index is 1.54. The lowest BCUT2D eigenvalue weighted by molar-refractivity contribution is 0.201. The second-order valence-electron chi connectivity index (χ2n) is 5.31. The lowest BCUT2D eigenvalue weighted by atomic mass is 10.3. The fraction of sp³-hybridized carbons (Fsp3) is 0.467. The van der Waals surface area contributed by atoms with Crippen LogP contribution in [0, 0.1) is 0 Å². The van der Waals surface area contributed by atoms with E-state index in [4.69, 9.17) is 16.3 Å². The fourth-order valence-corrected chi connectivity index (χ4v) is 3.36. The molecule has 1 aliphatic rings. The zero-order valence-electron chi connectivity index (χ0n) is 12.5. The molecule has 2 aromatic rings. The van der Waals surface area contributed by atoms with E-state index in [-0.39, 0.29) is 0 Å². The average Bonchev–Trinajstić information content (AvgIpc) is 3.16. The summed E-state index contributed by atoms with van der Waals surface area (Å²) in [6.07, 6.45) is 1.85. The van der Waals surface area contributed by atoms with Gasteiger partial charge >= 0.3 is 0 Å². The molecule has 0 bridgehead atoms. The number of nitrogens with one attached hydrogen (secondary N) is 1. The van der Waals surface area contributed by atoms with Crippen molar-refractivity contribution in [3.8, 4) is 0 Å². The van der Waals surface area contributed by atoms with Crippen LogP contribution in [0.25, 0.3) is 0 Å². The first-order valence-corrected chi connectivity index (χ1v) is 8.48. The molecule has 1 aromatic heterocycles. The molecule has 1 N–H and O–H groups in total. The first-order chi connectivity index (χ1) is 10.7. The van der Waals surface area contributed by atoms with E-state index >= 15 is 0 Å². The zero-order chi connectivity index (χ0) is 15.4. The summed E-state index contributed by atoms with van der Waals surface area (Å²) < 4.78 is 9.39. The molecule has 0 spiro atoms. The van der Waals surface area contributed by atoms with Crippen LogP contribution in [0.1, 0.15) is 12.2 Å². The number of halogens is 1. The molecule has 1 fully saturated rings. The normalized spacial score (nSPS) is 17.9. The van der Waals surface area contributed by atoms with Gasteiger partial charge in [-0.25, -0.2) is 4.98 Å². The predicted molar refractivity (Wildman–Crippen MR) is 91.2 cm³/mol. The maximum atomic E-state index is 5.94. The molecule has 0 amide bonds. The van der Waals surface area contributed by atoms with E-state index in [1.165, 1.54) is 17.2 Å². The van der Waals surface area contributed by atoms with Crippen molar-refractivity contribution in [3.63, 3.8) is 0 Å². The highest BCUT2D eigenvalue weighted by atomic mass is 35.5. The molecular formula is C15H19ClN4OS. The molecule has 2 heterocycles. The van der Waals surface area contributed by atoms with Gasteiger partial charge < -0.3 is 15.0 Å². The van der Waals surface area contributed by atoms with Crippen molar-refractivity contribution >= 4 is 34.0 Å². The average molecular weight is 339 g/mol. The summed E-state index contributed by atoms with van der Waals surface area (Å²) in [7, 11) is 1.69. The monoisotopic (exact) mass is 338 g/mol. The zero-order valence-corrected chi connectivity index (χ0v) is 14.0. The van der Waals surface area contributed by atoms with Crippen molar-refractivity contribution in [1.29, 1.82) is 0 Å². The molecule has 0 radical (unpaired) electrons. The second-order valence-corrected chi connectivity index (χ2v) is 6.50. The number of nitrogens with zero attached hydrogens (tertiary/aromatic N) is 3. The maximum Gasteiger partial charge on any atom is 0.202 e. The summed E-state index contributed by atoms with van der Waals surface area (Å²) in [5, 5.41) is 5.16. The Morgan fingerprint density at radius 2 is 2.23 bits per heavy atom. The van der Waals surface area contributed by atoms with Gasteiger partial charge in [0, 0.05) is 54.9 Å². The van der Waals surface area contributed by atoms with Crippen LogP contribution in [0.2, 0.25) is 5.02 Å². The van der Waals surface area contributed by atoms with Gasteiger partial charge in [0.1, 0.15) is 5.82 Å². The van der Waals surface area contributed by atoms with Gasteiger partial charge in [0.15, 0.2) is 0 Å². The van der Waals surface area contributed by atoms with Crippen LogP contribution in [-0.2, 0) is 11.2 Å². The first kappa shape index (κ1) is 15.5. The van der Waals surface area contributed by atoms with Crippen molar-refractivity contribution in [3.05, 3.63) is 35.1 Å². The Hall–Kier alpha value is -1.37. The molecule has 3 rings (SSSR count). The number of hydrogen-bond donors (Lipinski definition) is 1. The smallest absolute Gasteiger partial charge is 0.202 e. The number of rotatable bonds is 6. The SMILES string of the molecule is COCCc1nsc(N[C@H]2CCN(c3ccc(Cl)cc3)C2)n1. The van der Waals surface area contributed by atoms with Crippen molar-refractivity contribution in [2.24, 2.45) is 0 Å². The number of anilines is 2. The Labute approximate surface area is 139 Å². The third-order valence-electron chi connectivity index (χ3n) is 3.71. The molecule has 0 unspecified atom stereocenters. The van der Waals surface area contributed by atoms with Crippen molar-refractivity contribution in [1.82, 2.24) is 9.36 Å². The van der Waals surface area contributed by atoms with Gasteiger partial charge in [-0.3, -0.25) is 0 Å². The van der Waals surface area contributed by atoms with E-state index in [2.05, 4.69) is 31.7 Å². The Bertz CT molecular complexity index is 604. The summed E-state index contributed by atoms with van der Waals surface area (Å²) in [4.78, 5) is 6.86. The molecule has 1 aromatic carbocycles. The van der Waals surface area contributed by atoms with Crippen molar-refractivity contribution in [2.75, 3.05) is 37.0 Å². The summed E-state index contributed by atoms with van der Waals surface area (Å²) >= 11 is 7.36. The van der Waals surface area contributed by atoms with Gasteiger partial charge in [-0.05, 0) is 30.7 Å². The molecule has 0 aliphatic carbocycles. The first-order valence-electron chi connectivity index (χ1n) is 7.33. The highest BCUT2D eigenvalue weighted by Gasteiger charge is 2.23. The van der Waals surface area contributed by atoms with Gasteiger partial charge in [0.05, 0.1) is 6.61 Å². The van der Waals surface area contributed by atoms with Crippen LogP contribution in [0.5, 0.6) is 0 Å². The van der Waals surface area contributed by atoms with Gasteiger partial charge in [0.25, 0.3) is 0 Å². The molecule has 1 atom stereocenters. The summed E-state index contributed by atoms with van der Waals surface area (Å²) in [6, 6.07) is 8.41. The lowest BCUT2D eigenvalue weighted by Crippen LogP contribution is -2.25. The summed E-state index contributed by atoms with van der Waals surface area (Å²) in [6.45, 7) is 2.66. The number of ether oxygens (including phenoxy) is 1. The topological polar surface area (TPSA) is 50.3 Å². The Kier molecular flexibility index (Phi) is 5.12. The van der Waals surface area contributed by atoms with E-state index in [1.807, 2.05) is 12.1 Å². The number of methoxy groups -OCH3 is 1. The molecule has 118 valence electrons. The van der Waals surface area contributed by atoms with Gasteiger partial charge in [-0.15, -0.1) is 0 Å². The largest absolute Gasteiger partial charge is 0.384 e. The second kappa shape index (κ2) is 7.26. The maximum absolute atomic E-state index is 5.94. The minimum Gasteiger partial charge on any atom is -0.384 e. The minimum absolute atomic E-state index is 0.402. The number of hydrogen-bond acceptors (Lipinski definition) is 6. The number of benzene rings is 1. The van der Waals surface area contributed by atoms with E-state index < -0.39 is 0 Å². The lowest BCUT2D eigenvalue weighted by Gasteiger charge is -2.18. The molecule has 7 heteroatoms. The van der Waals surface area contributed by atoms with Crippen molar-refractivity contribution in [2.45, 2.75) is 18.9 Å². The van der Waals surface area contributed by atoms with Crippen LogP contribution in [-0.4, -0.2) is 42.2 Å². The Morgan fingerprint density at radius 3 is 3.00 bits per heavy atom. The van der Waals surface area contributed by atoms with E-state index in [0.717, 1.165) is 41.9 Å². The van der Waals surface area contributed by atoms with Crippen LogP contribution < -0.4 is 10.2 Å². The van der Waals surface area contributed by atoms with Gasteiger partial charge in [0.2, 0.25) is 5.13 Å². The predicted octanol–water partition coefficient (Wildman–Crippen LogP) is 3.07. The number of aromatic nitrogens is 2. The van der Waals surface area contributed by atoms with Gasteiger partial charge in [-0.1, -0.05) is 11.6 Å². The van der Waals surface area contributed by atoms with Crippen LogP contribution >= 0.6 is 23.1 Å². The van der Waals surface area contributed by atoms with E-state index in [1.54, 1.807) is 7.11 Å². The quantitative estimate of drug-likeness (QED) is 0.877. The van der Waals surface area contributed by atoms with Gasteiger partial charge in [-0.2, -0.15) is 4.37 Å². The van der Waals surface area contributed by atoms with E-state index in [9.17, 15) is 0 Å². The molecule has 1 aliphatic heterocycles. The fourth-order valence-electron chi connectivity index (χ4n) is 2.55. The Morgan fingerprint density at radius 1 is 1.41 bits per heavy atom. The molecular weight excluding hydrogens is 320 g/mol. The van der Waals surface area contributed by atoms with Crippen LogP contribution in [0.15, 0.2) is 24.3 Å². The molecule has 5 nitrogen and oxygen atoms in total. The highest BCUT2D eigenvalue weighted by molar-refractivity contribution is 7.09. The summed E-state index contributed by atoms with van der Waals surface area (Å²) in [5.41, 5.74) is 1.21. The highest BCUT2D eigenvalue weighted by Crippen LogP contribution is 2.24. The third-order valence-corrected chi connectivity index (χ3v) is 4.64. The molecule has 22 heavy (non-hydrogen) atoms. The van der Waals surface area contributed by atoms with Crippen LogP contribution in [0.3, 0.4) is 0 Å².